The smallest absolute Gasteiger partial charge is 0.326 e. The number of carbonyl (C=O) groups is 2. The Balaban J connectivity index is 1.97. The fourth-order valence-electron chi connectivity index (χ4n) is 2.63. The van der Waals surface area contributed by atoms with Gasteiger partial charge in [0, 0.05) is 19.7 Å². The van der Waals surface area contributed by atoms with Crippen LogP contribution in [0.25, 0.3) is 0 Å². The van der Waals surface area contributed by atoms with Crippen molar-refractivity contribution in [3.63, 3.8) is 0 Å². The van der Waals surface area contributed by atoms with E-state index in [0.717, 1.165) is 5.69 Å². The molecule has 1 amide bonds. The third kappa shape index (κ3) is 2.18. The van der Waals surface area contributed by atoms with Gasteiger partial charge in [-0.15, -0.1) is 0 Å². The molecular weight excluding hydrogens is 274 g/mol. The van der Waals surface area contributed by atoms with Gasteiger partial charge >= 0.3 is 5.97 Å². The van der Waals surface area contributed by atoms with Crippen molar-refractivity contribution < 1.29 is 14.7 Å². The molecule has 0 aromatic carbocycles. The van der Waals surface area contributed by atoms with Gasteiger partial charge in [0.1, 0.15) is 6.04 Å². The Morgan fingerprint density at radius 2 is 2.24 bits per heavy atom. The summed E-state index contributed by atoms with van der Waals surface area (Å²) in [6, 6.07) is -0.909. The molecular formula is C13H15N5O3. The number of aromatic nitrogens is 4. The van der Waals surface area contributed by atoms with Gasteiger partial charge in [0.15, 0.2) is 0 Å². The van der Waals surface area contributed by atoms with E-state index in [4.69, 9.17) is 0 Å². The van der Waals surface area contributed by atoms with Crippen LogP contribution in [0.2, 0.25) is 0 Å². The zero-order chi connectivity index (χ0) is 15.1. The van der Waals surface area contributed by atoms with Crippen molar-refractivity contribution in [1.29, 1.82) is 0 Å². The molecule has 1 aliphatic rings. The summed E-state index contributed by atoms with van der Waals surface area (Å²) in [6.45, 7) is 1.94. The van der Waals surface area contributed by atoms with Crippen molar-refractivity contribution in [3.8, 4) is 0 Å². The number of aliphatic carboxylic acids is 1. The molecule has 0 aliphatic carbocycles. The first kappa shape index (κ1) is 13.3. The van der Waals surface area contributed by atoms with Crippen molar-refractivity contribution in [2.24, 2.45) is 7.05 Å². The van der Waals surface area contributed by atoms with E-state index in [9.17, 15) is 14.7 Å². The van der Waals surface area contributed by atoms with E-state index in [2.05, 4.69) is 15.1 Å². The molecule has 0 bridgehead atoms. The highest BCUT2D eigenvalue weighted by molar-refractivity contribution is 5.97. The maximum atomic E-state index is 12.7. The number of fused-ring (bicyclic) bond motifs is 1. The number of carbonyl (C=O) groups excluding carboxylic acids is 1. The van der Waals surface area contributed by atoms with Crippen LogP contribution in [0.4, 0.5) is 0 Å². The van der Waals surface area contributed by atoms with E-state index < -0.39 is 12.0 Å². The largest absolute Gasteiger partial charge is 0.480 e. The summed E-state index contributed by atoms with van der Waals surface area (Å²) < 4.78 is 1.55. The lowest BCUT2D eigenvalue weighted by Crippen LogP contribution is -2.48. The lowest BCUT2D eigenvalue weighted by atomic mass is 10.0. The highest BCUT2D eigenvalue weighted by Gasteiger charge is 2.37. The fraction of sp³-hybridized carbons (Fsp3) is 0.385. The maximum Gasteiger partial charge on any atom is 0.326 e. The van der Waals surface area contributed by atoms with Gasteiger partial charge in [0.2, 0.25) is 0 Å². The topological polar surface area (TPSA) is 104 Å². The van der Waals surface area contributed by atoms with Gasteiger partial charge in [-0.05, 0) is 6.92 Å². The molecule has 0 saturated heterocycles. The predicted molar refractivity (Wildman–Crippen MR) is 71.5 cm³/mol. The van der Waals surface area contributed by atoms with Gasteiger partial charge in [-0.25, -0.2) is 9.78 Å². The molecule has 1 atom stereocenters. The molecule has 0 spiro atoms. The average Bonchev–Trinajstić information content (AvgIpc) is 3.01. The standard InChI is InChI=1S/C13H15N5O3/c1-7-8(4-17(2)16-7)12(19)18-5-10-9(14-6-15-10)3-11(18)13(20)21/h4,6,11H,3,5H2,1-2H3,(H,14,15)(H,20,21). The number of imidazole rings is 1. The van der Waals surface area contributed by atoms with Gasteiger partial charge in [-0.2, -0.15) is 5.10 Å². The van der Waals surface area contributed by atoms with Gasteiger partial charge in [0.25, 0.3) is 5.91 Å². The molecule has 21 heavy (non-hydrogen) atoms. The normalized spacial score (nSPS) is 17.6. The Labute approximate surface area is 120 Å². The van der Waals surface area contributed by atoms with E-state index in [0.29, 0.717) is 17.0 Å². The second kappa shape index (κ2) is 4.72. The lowest BCUT2D eigenvalue weighted by Gasteiger charge is -2.32. The van der Waals surface area contributed by atoms with Crippen molar-refractivity contribution >= 4 is 11.9 Å². The van der Waals surface area contributed by atoms with E-state index in [-0.39, 0.29) is 18.9 Å². The summed E-state index contributed by atoms with van der Waals surface area (Å²) in [5.74, 6) is -1.35. The molecule has 3 rings (SSSR count). The Bertz CT molecular complexity index is 717. The lowest BCUT2D eigenvalue weighted by molar-refractivity contribution is -0.142. The minimum atomic E-state index is -1.03. The Morgan fingerprint density at radius 1 is 1.48 bits per heavy atom. The molecule has 0 radical (unpaired) electrons. The number of carboxylic acids is 1. The molecule has 1 unspecified atom stereocenters. The van der Waals surface area contributed by atoms with Crippen LogP contribution in [0.15, 0.2) is 12.5 Å². The molecule has 2 aromatic rings. The van der Waals surface area contributed by atoms with E-state index in [1.807, 2.05) is 0 Å². The second-order valence-corrected chi connectivity index (χ2v) is 5.12. The number of hydrogen-bond donors (Lipinski definition) is 2. The third-order valence-electron chi connectivity index (χ3n) is 3.69. The number of aromatic amines is 1. The summed E-state index contributed by atoms with van der Waals surface area (Å²) in [4.78, 5) is 32.5. The van der Waals surface area contributed by atoms with Gasteiger partial charge in [-0.3, -0.25) is 9.48 Å². The van der Waals surface area contributed by atoms with Crippen LogP contribution in [0, 0.1) is 6.92 Å². The van der Waals surface area contributed by atoms with Crippen LogP contribution < -0.4 is 0 Å². The molecule has 8 heteroatoms. The quantitative estimate of drug-likeness (QED) is 0.816. The summed E-state index contributed by atoms with van der Waals surface area (Å²) in [6.07, 6.45) is 3.34. The van der Waals surface area contributed by atoms with E-state index >= 15 is 0 Å². The van der Waals surface area contributed by atoms with Crippen molar-refractivity contribution in [2.45, 2.75) is 25.9 Å². The number of carboxylic acid groups (broad SMARTS) is 1. The number of amides is 1. The molecule has 110 valence electrons. The zero-order valence-electron chi connectivity index (χ0n) is 11.7. The fourth-order valence-corrected chi connectivity index (χ4v) is 2.63. The molecule has 0 fully saturated rings. The van der Waals surface area contributed by atoms with Crippen LogP contribution in [0.3, 0.4) is 0 Å². The summed E-state index contributed by atoms with van der Waals surface area (Å²) in [5, 5.41) is 13.5. The second-order valence-electron chi connectivity index (χ2n) is 5.12. The number of hydrogen-bond acceptors (Lipinski definition) is 4. The predicted octanol–water partition coefficient (Wildman–Crippen LogP) is 0.103. The van der Waals surface area contributed by atoms with Crippen molar-refractivity contribution in [1.82, 2.24) is 24.6 Å². The Morgan fingerprint density at radius 3 is 2.86 bits per heavy atom. The van der Waals surface area contributed by atoms with Gasteiger partial charge < -0.3 is 15.0 Å². The molecule has 2 aromatic heterocycles. The number of nitrogens with zero attached hydrogens (tertiary/aromatic N) is 4. The number of rotatable bonds is 2. The molecule has 1 aliphatic heterocycles. The summed E-state index contributed by atoms with van der Waals surface area (Å²) in [5.41, 5.74) is 2.49. The summed E-state index contributed by atoms with van der Waals surface area (Å²) >= 11 is 0. The van der Waals surface area contributed by atoms with Gasteiger partial charge in [0.05, 0.1) is 35.5 Å². The average molecular weight is 289 g/mol. The van der Waals surface area contributed by atoms with Crippen LogP contribution in [0.1, 0.15) is 27.4 Å². The zero-order valence-corrected chi connectivity index (χ0v) is 11.7. The Kier molecular flexibility index (Phi) is 3.00. The minimum absolute atomic E-state index is 0.208. The van der Waals surface area contributed by atoms with E-state index in [1.165, 1.54) is 11.2 Å². The van der Waals surface area contributed by atoms with Crippen molar-refractivity contribution in [2.75, 3.05) is 0 Å². The van der Waals surface area contributed by atoms with Crippen LogP contribution in [0.5, 0.6) is 0 Å². The third-order valence-corrected chi connectivity index (χ3v) is 3.69. The van der Waals surface area contributed by atoms with Crippen LogP contribution in [-0.4, -0.2) is 47.7 Å². The van der Waals surface area contributed by atoms with E-state index in [1.54, 1.807) is 24.9 Å². The first-order valence-electron chi connectivity index (χ1n) is 6.52. The van der Waals surface area contributed by atoms with Crippen molar-refractivity contribution in [3.05, 3.63) is 35.2 Å². The Hall–Kier alpha value is -2.64. The van der Waals surface area contributed by atoms with Crippen LogP contribution in [-0.2, 0) is 24.8 Å². The number of nitrogens with one attached hydrogen (secondary N) is 1. The molecule has 3 heterocycles. The number of H-pyrrole nitrogens is 1. The van der Waals surface area contributed by atoms with Gasteiger partial charge in [-0.1, -0.05) is 0 Å². The first-order chi connectivity index (χ1) is 9.97. The minimum Gasteiger partial charge on any atom is -0.480 e. The highest BCUT2D eigenvalue weighted by atomic mass is 16.4. The molecule has 2 N–H and O–H groups in total. The molecule has 8 nitrogen and oxygen atoms in total. The summed E-state index contributed by atoms with van der Waals surface area (Å²) in [7, 11) is 1.72. The maximum absolute atomic E-state index is 12.7. The highest BCUT2D eigenvalue weighted by Crippen LogP contribution is 2.23. The van der Waals surface area contributed by atoms with Crippen LogP contribution >= 0.6 is 0 Å². The monoisotopic (exact) mass is 289 g/mol. The SMILES string of the molecule is Cc1nn(C)cc1C(=O)N1Cc2[nH]cnc2CC1C(=O)O. The number of aryl methyl sites for hydroxylation is 2. The first-order valence-corrected chi connectivity index (χ1v) is 6.52. The molecule has 0 saturated carbocycles.